The Morgan fingerprint density at radius 1 is 1.14 bits per heavy atom. The molecule has 4 aromatic rings. The summed E-state index contributed by atoms with van der Waals surface area (Å²) in [5.74, 6) is -0.908. The molecule has 1 aliphatic rings. The molecule has 0 radical (unpaired) electrons. The summed E-state index contributed by atoms with van der Waals surface area (Å²) >= 11 is 1.64. The van der Waals surface area contributed by atoms with E-state index in [2.05, 4.69) is 10.1 Å². The summed E-state index contributed by atoms with van der Waals surface area (Å²) in [4.78, 5) is 46.1. The topological polar surface area (TPSA) is 103 Å². The molecule has 35 heavy (non-hydrogen) atoms. The molecule has 1 amide bonds. The van der Waals surface area contributed by atoms with Gasteiger partial charge in [-0.1, -0.05) is 5.16 Å². The smallest absolute Gasteiger partial charge is 0.339 e. The standard InChI is InChI=1S/C26H23N3O5S/c1-14-11-19(16(3)35-14)21-12-20(24-15(2)28-34-25(24)27-21)26(32)33-13-22(30)17-6-8-18(9-7-17)29-10-4-5-23(29)31/h6-9,11-12H,4-5,10,13H2,1-3H3. The Kier molecular flexibility index (Phi) is 5.94. The van der Waals surface area contributed by atoms with E-state index in [1.165, 1.54) is 0 Å². The largest absolute Gasteiger partial charge is 0.454 e. The summed E-state index contributed by atoms with van der Waals surface area (Å²) in [5.41, 5.74) is 3.67. The average molecular weight is 490 g/mol. The quantitative estimate of drug-likeness (QED) is 0.276. The molecule has 0 saturated carbocycles. The number of aromatic nitrogens is 2. The number of fused-ring (bicyclic) bond motifs is 1. The lowest BCUT2D eigenvalue weighted by atomic mass is 10.1. The number of aryl methyl sites for hydroxylation is 3. The van der Waals surface area contributed by atoms with Crippen LogP contribution in [0.2, 0.25) is 0 Å². The molecule has 8 nitrogen and oxygen atoms in total. The van der Waals surface area contributed by atoms with Gasteiger partial charge >= 0.3 is 5.97 Å². The van der Waals surface area contributed by atoms with Crippen molar-refractivity contribution in [3.05, 3.63) is 63.0 Å². The average Bonchev–Trinajstić information content (AvgIpc) is 3.54. The van der Waals surface area contributed by atoms with E-state index in [9.17, 15) is 14.4 Å². The lowest BCUT2D eigenvalue weighted by Gasteiger charge is -2.15. The summed E-state index contributed by atoms with van der Waals surface area (Å²) in [6.45, 7) is 5.99. The molecule has 0 spiro atoms. The molecule has 0 N–H and O–H groups in total. The van der Waals surface area contributed by atoms with Gasteiger partial charge in [0.15, 0.2) is 12.4 Å². The first-order valence-corrected chi connectivity index (χ1v) is 12.1. The number of rotatable bonds is 6. The molecule has 0 atom stereocenters. The van der Waals surface area contributed by atoms with E-state index < -0.39 is 12.6 Å². The van der Waals surface area contributed by atoms with E-state index >= 15 is 0 Å². The van der Waals surface area contributed by atoms with Crippen molar-refractivity contribution in [3.8, 4) is 11.3 Å². The fraction of sp³-hybridized carbons (Fsp3) is 0.269. The maximum absolute atomic E-state index is 13.1. The normalized spacial score (nSPS) is 13.6. The van der Waals surface area contributed by atoms with Crippen LogP contribution in [0.1, 0.15) is 49.0 Å². The highest BCUT2D eigenvalue weighted by Gasteiger charge is 2.24. The number of ether oxygens (including phenoxy) is 1. The number of hydrogen-bond donors (Lipinski definition) is 0. The van der Waals surface area contributed by atoms with Crippen LogP contribution in [-0.4, -0.2) is 41.0 Å². The first kappa shape index (κ1) is 22.9. The molecule has 0 aliphatic carbocycles. The summed E-state index contributed by atoms with van der Waals surface area (Å²) in [5, 5.41) is 4.42. The molecule has 1 saturated heterocycles. The van der Waals surface area contributed by atoms with E-state index in [1.54, 1.807) is 53.5 Å². The van der Waals surface area contributed by atoms with Gasteiger partial charge in [0, 0.05) is 39.5 Å². The zero-order valence-corrected chi connectivity index (χ0v) is 20.4. The number of thiophene rings is 1. The van der Waals surface area contributed by atoms with E-state index in [0.29, 0.717) is 35.3 Å². The highest BCUT2D eigenvalue weighted by molar-refractivity contribution is 7.12. The fourth-order valence-electron chi connectivity index (χ4n) is 4.32. The van der Waals surface area contributed by atoms with Crippen molar-refractivity contribution in [2.45, 2.75) is 33.6 Å². The lowest BCUT2D eigenvalue weighted by molar-refractivity contribution is -0.117. The zero-order chi connectivity index (χ0) is 24.7. The molecule has 5 rings (SSSR count). The Morgan fingerprint density at radius 2 is 1.91 bits per heavy atom. The molecule has 1 aromatic carbocycles. The minimum absolute atomic E-state index is 0.0814. The monoisotopic (exact) mass is 489 g/mol. The van der Waals surface area contributed by atoms with E-state index in [1.807, 2.05) is 19.9 Å². The van der Waals surface area contributed by atoms with Crippen LogP contribution in [0.4, 0.5) is 5.69 Å². The van der Waals surface area contributed by atoms with Crippen molar-refractivity contribution in [1.82, 2.24) is 10.1 Å². The second-order valence-corrected chi connectivity index (χ2v) is 9.99. The number of carbonyl (C=O) groups is 3. The Balaban J connectivity index is 1.36. The number of esters is 1. The van der Waals surface area contributed by atoms with Crippen LogP contribution in [-0.2, 0) is 9.53 Å². The van der Waals surface area contributed by atoms with Crippen LogP contribution in [0.5, 0.6) is 0 Å². The van der Waals surface area contributed by atoms with Crippen molar-refractivity contribution in [2.24, 2.45) is 0 Å². The Hall–Kier alpha value is -3.85. The van der Waals surface area contributed by atoms with Crippen molar-refractivity contribution >= 4 is 45.8 Å². The second kappa shape index (κ2) is 9.07. The molecular weight excluding hydrogens is 466 g/mol. The van der Waals surface area contributed by atoms with Gasteiger partial charge in [0.1, 0.15) is 0 Å². The zero-order valence-electron chi connectivity index (χ0n) is 19.6. The maximum atomic E-state index is 13.1. The highest BCUT2D eigenvalue weighted by atomic mass is 32.1. The number of nitrogens with zero attached hydrogens (tertiary/aromatic N) is 3. The number of Topliss-reactive ketones (excluding diaryl/α,β-unsaturated/α-hetero) is 1. The van der Waals surface area contributed by atoms with Gasteiger partial charge in [-0.3, -0.25) is 9.59 Å². The Bertz CT molecular complexity index is 1470. The molecule has 1 fully saturated rings. The number of carbonyl (C=O) groups excluding carboxylic acids is 3. The van der Waals surface area contributed by atoms with E-state index in [4.69, 9.17) is 9.26 Å². The number of benzene rings is 1. The summed E-state index contributed by atoms with van der Waals surface area (Å²) in [6.07, 6.45) is 1.37. The SMILES string of the molecule is Cc1cc(-c2cc(C(=O)OCC(=O)c3ccc(N4CCCC4=O)cc3)c3c(C)noc3n2)c(C)s1. The summed E-state index contributed by atoms with van der Waals surface area (Å²) in [6, 6.07) is 10.4. The number of amides is 1. The van der Waals surface area contributed by atoms with Crippen molar-refractivity contribution in [1.29, 1.82) is 0 Å². The van der Waals surface area contributed by atoms with Crippen LogP contribution in [0.15, 0.2) is 40.9 Å². The Morgan fingerprint density at radius 3 is 2.57 bits per heavy atom. The van der Waals surface area contributed by atoms with Crippen molar-refractivity contribution in [3.63, 3.8) is 0 Å². The predicted molar refractivity (Wildman–Crippen MR) is 132 cm³/mol. The second-order valence-electron chi connectivity index (χ2n) is 8.53. The first-order valence-electron chi connectivity index (χ1n) is 11.3. The molecule has 178 valence electrons. The number of anilines is 1. The van der Waals surface area contributed by atoms with Gasteiger partial charge in [-0.05, 0) is 63.6 Å². The minimum atomic E-state index is -0.651. The van der Waals surface area contributed by atoms with E-state index in [0.717, 1.165) is 27.4 Å². The van der Waals surface area contributed by atoms with Gasteiger partial charge in [-0.25, -0.2) is 9.78 Å². The first-order chi connectivity index (χ1) is 16.8. The molecule has 0 unspecified atom stereocenters. The predicted octanol–water partition coefficient (Wildman–Crippen LogP) is 5.04. The fourth-order valence-corrected chi connectivity index (χ4v) is 5.25. The van der Waals surface area contributed by atoms with Crippen LogP contribution in [0.25, 0.3) is 22.4 Å². The number of ketones is 1. The van der Waals surface area contributed by atoms with E-state index in [-0.39, 0.29) is 23.0 Å². The van der Waals surface area contributed by atoms with Crippen LogP contribution < -0.4 is 4.90 Å². The third-order valence-electron chi connectivity index (χ3n) is 6.06. The lowest BCUT2D eigenvalue weighted by Crippen LogP contribution is -2.23. The van der Waals surface area contributed by atoms with Gasteiger partial charge in [0.25, 0.3) is 5.71 Å². The van der Waals surface area contributed by atoms with Gasteiger partial charge < -0.3 is 14.2 Å². The van der Waals surface area contributed by atoms with Crippen LogP contribution >= 0.6 is 11.3 Å². The molecule has 0 bridgehead atoms. The number of hydrogen-bond acceptors (Lipinski definition) is 8. The van der Waals surface area contributed by atoms with Gasteiger partial charge in [0.2, 0.25) is 5.91 Å². The molecule has 4 heterocycles. The third kappa shape index (κ3) is 4.35. The molecule has 9 heteroatoms. The van der Waals surface area contributed by atoms with Gasteiger partial charge in [-0.15, -0.1) is 11.3 Å². The van der Waals surface area contributed by atoms with Crippen LogP contribution in [0.3, 0.4) is 0 Å². The third-order valence-corrected chi connectivity index (χ3v) is 7.03. The highest BCUT2D eigenvalue weighted by Crippen LogP contribution is 2.33. The summed E-state index contributed by atoms with van der Waals surface area (Å²) in [7, 11) is 0. The van der Waals surface area contributed by atoms with Gasteiger partial charge in [-0.2, -0.15) is 0 Å². The summed E-state index contributed by atoms with van der Waals surface area (Å²) < 4.78 is 10.7. The van der Waals surface area contributed by atoms with Gasteiger partial charge in [0.05, 0.1) is 22.3 Å². The van der Waals surface area contributed by atoms with Crippen molar-refractivity contribution < 1.29 is 23.6 Å². The molecule has 3 aromatic heterocycles. The minimum Gasteiger partial charge on any atom is -0.454 e. The molecule has 1 aliphatic heterocycles. The van der Waals surface area contributed by atoms with Crippen molar-refractivity contribution in [2.75, 3.05) is 18.1 Å². The maximum Gasteiger partial charge on any atom is 0.339 e. The number of pyridine rings is 1. The molecular formula is C26H23N3O5S. The van der Waals surface area contributed by atoms with Crippen LogP contribution in [0, 0.1) is 20.8 Å². The Labute approximate surface area is 205 Å².